The van der Waals surface area contributed by atoms with Gasteiger partial charge in [0.15, 0.2) is 0 Å². The van der Waals surface area contributed by atoms with Crippen molar-refractivity contribution in [3.05, 3.63) is 24.3 Å². The van der Waals surface area contributed by atoms with Gasteiger partial charge in [0, 0.05) is 25.2 Å². The molecule has 0 saturated heterocycles. The topological polar surface area (TPSA) is 66.5 Å². The van der Waals surface area contributed by atoms with E-state index in [1.165, 1.54) is 32.1 Å². The van der Waals surface area contributed by atoms with E-state index in [2.05, 4.69) is 5.32 Å². The molecule has 1 fully saturated rings. The van der Waals surface area contributed by atoms with Crippen molar-refractivity contribution in [3.8, 4) is 0 Å². The molecule has 1 amide bonds. The highest BCUT2D eigenvalue weighted by molar-refractivity contribution is 7.89. The van der Waals surface area contributed by atoms with Crippen molar-refractivity contribution >= 4 is 21.6 Å². The molecular weight excluding hydrogens is 384 g/mol. The van der Waals surface area contributed by atoms with Crippen molar-refractivity contribution in [3.63, 3.8) is 0 Å². The largest absolute Gasteiger partial charge is 0.326 e. The number of hydrogen-bond acceptors (Lipinski definition) is 3. The third-order valence-corrected chi connectivity index (χ3v) is 7.26. The minimum Gasteiger partial charge on any atom is -0.326 e. The quantitative estimate of drug-likeness (QED) is 0.557. The second-order valence-corrected chi connectivity index (χ2v) is 11.2. The van der Waals surface area contributed by atoms with Crippen LogP contribution in [0.5, 0.6) is 0 Å². The van der Waals surface area contributed by atoms with Crippen LogP contribution in [-0.4, -0.2) is 31.7 Å². The van der Waals surface area contributed by atoms with E-state index >= 15 is 0 Å². The predicted octanol–water partition coefficient (Wildman–Crippen LogP) is 5.29. The Morgan fingerprint density at radius 2 is 1.55 bits per heavy atom. The number of anilines is 1. The first-order valence-corrected chi connectivity index (χ1v) is 12.5. The van der Waals surface area contributed by atoms with Crippen molar-refractivity contribution in [2.45, 2.75) is 77.5 Å². The molecular formula is C23H38N2O3S. The van der Waals surface area contributed by atoms with Gasteiger partial charge in [-0.25, -0.2) is 8.42 Å². The van der Waals surface area contributed by atoms with Crippen molar-refractivity contribution in [2.24, 2.45) is 17.8 Å². The molecule has 1 aliphatic carbocycles. The Labute approximate surface area is 177 Å². The van der Waals surface area contributed by atoms with Gasteiger partial charge in [-0.15, -0.1) is 0 Å². The van der Waals surface area contributed by atoms with Crippen molar-refractivity contribution in [1.82, 2.24) is 4.31 Å². The summed E-state index contributed by atoms with van der Waals surface area (Å²) < 4.78 is 27.7. The summed E-state index contributed by atoms with van der Waals surface area (Å²) in [6.45, 7) is 9.09. The number of amides is 1. The average Bonchev–Trinajstić information content (AvgIpc) is 2.66. The molecule has 0 aliphatic heterocycles. The Balaban J connectivity index is 1.97. The van der Waals surface area contributed by atoms with Crippen LogP contribution in [0.4, 0.5) is 5.69 Å². The number of rotatable bonds is 10. The molecule has 0 heterocycles. The lowest BCUT2D eigenvalue weighted by Crippen LogP contribution is -2.37. The lowest BCUT2D eigenvalue weighted by Gasteiger charge is -2.25. The van der Waals surface area contributed by atoms with E-state index in [1.807, 2.05) is 27.7 Å². The number of nitrogens with one attached hydrogen (secondary N) is 1. The highest BCUT2D eigenvalue weighted by atomic mass is 32.2. The summed E-state index contributed by atoms with van der Waals surface area (Å²) in [6, 6.07) is 6.57. The number of benzene rings is 1. The summed E-state index contributed by atoms with van der Waals surface area (Å²) >= 11 is 0. The molecule has 1 aromatic rings. The van der Waals surface area contributed by atoms with E-state index in [0.29, 0.717) is 31.1 Å². The Morgan fingerprint density at radius 3 is 2.07 bits per heavy atom. The zero-order valence-electron chi connectivity index (χ0n) is 18.5. The fourth-order valence-electron chi connectivity index (χ4n) is 3.98. The van der Waals surface area contributed by atoms with Crippen LogP contribution in [0.2, 0.25) is 0 Å². The van der Waals surface area contributed by atoms with Gasteiger partial charge in [-0.1, -0.05) is 59.8 Å². The van der Waals surface area contributed by atoms with Crippen LogP contribution >= 0.6 is 0 Å². The first-order chi connectivity index (χ1) is 13.7. The Hall–Kier alpha value is -1.40. The number of carbonyl (C=O) groups excluding carboxylic acids is 1. The van der Waals surface area contributed by atoms with Gasteiger partial charge in [0.25, 0.3) is 0 Å². The van der Waals surface area contributed by atoms with E-state index in [0.717, 1.165) is 6.42 Å². The van der Waals surface area contributed by atoms with E-state index in [1.54, 1.807) is 28.6 Å². The fraction of sp³-hybridized carbons (Fsp3) is 0.696. The normalized spacial score (nSPS) is 16.0. The van der Waals surface area contributed by atoms with Crippen molar-refractivity contribution in [1.29, 1.82) is 0 Å². The van der Waals surface area contributed by atoms with Gasteiger partial charge in [0.2, 0.25) is 15.9 Å². The van der Waals surface area contributed by atoms with E-state index in [9.17, 15) is 13.2 Å². The van der Waals surface area contributed by atoms with Gasteiger partial charge in [0.05, 0.1) is 4.90 Å². The van der Waals surface area contributed by atoms with Crippen LogP contribution in [0.3, 0.4) is 0 Å². The third kappa shape index (κ3) is 7.74. The van der Waals surface area contributed by atoms with Crippen LogP contribution < -0.4 is 5.32 Å². The molecule has 1 aliphatic rings. The molecule has 29 heavy (non-hydrogen) atoms. The second kappa shape index (κ2) is 11.1. The predicted molar refractivity (Wildman–Crippen MR) is 119 cm³/mol. The second-order valence-electron chi connectivity index (χ2n) is 9.22. The van der Waals surface area contributed by atoms with Crippen LogP contribution in [0.15, 0.2) is 29.2 Å². The Morgan fingerprint density at radius 1 is 1.00 bits per heavy atom. The third-order valence-electron chi connectivity index (χ3n) is 5.42. The zero-order valence-corrected chi connectivity index (χ0v) is 19.3. The van der Waals surface area contributed by atoms with Gasteiger partial charge in [-0.05, 0) is 48.4 Å². The number of sulfonamides is 1. The molecule has 0 unspecified atom stereocenters. The van der Waals surface area contributed by atoms with E-state index in [4.69, 9.17) is 0 Å². The molecule has 5 nitrogen and oxygen atoms in total. The van der Waals surface area contributed by atoms with E-state index in [-0.39, 0.29) is 22.6 Å². The summed E-state index contributed by atoms with van der Waals surface area (Å²) in [5.74, 6) is 1.19. The number of nitrogens with zero attached hydrogens (tertiary/aromatic N) is 1. The van der Waals surface area contributed by atoms with Crippen molar-refractivity contribution < 1.29 is 13.2 Å². The van der Waals surface area contributed by atoms with Crippen LogP contribution in [0.25, 0.3) is 0 Å². The standard InChI is InChI=1S/C23H38N2O3S/c1-18(2)16-25(17-19(3)4)29(27,28)22-13-11-21(12-14-22)24-23(26)15-10-20-8-6-5-7-9-20/h11-14,18-20H,5-10,15-17H2,1-4H3,(H,24,26). The SMILES string of the molecule is CC(C)CN(CC(C)C)S(=O)(=O)c1ccc(NC(=O)CCC2CCCCC2)cc1. The summed E-state index contributed by atoms with van der Waals surface area (Å²) in [5.41, 5.74) is 0.650. The highest BCUT2D eigenvalue weighted by Gasteiger charge is 2.26. The summed E-state index contributed by atoms with van der Waals surface area (Å²) in [6.07, 6.45) is 7.84. The molecule has 2 rings (SSSR count). The van der Waals surface area contributed by atoms with Crippen LogP contribution in [0, 0.1) is 17.8 Å². The monoisotopic (exact) mass is 422 g/mol. The lowest BCUT2D eigenvalue weighted by atomic mass is 9.86. The smallest absolute Gasteiger partial charge is 0.243 e. The molecule has 0 radical (unpaired) electrons. The maximum atomic E-state index is 13.1. The number of hydrogen-bond donors (Lipinski definition) is 1. The fourth-order valence-corrected chi connectivity index (χ4v) is 5.75. The van der Waals surface area contributed by atoms with Crippen LogP contribution in [-0.2, 0) is 14.8 Å². The molecule has 1 aromatic carbocycles. The molecule has 0 spiro atoms. The van der Waals surface area contributed by atoms with Crippen molar-refractivity contribution in [2.75, 3.05) is 18.4 Å². The summed E-state index contributed by atoms with van der Waals surface area (Å²) in [7, 11) is -3.54. The van der Waals surface area contributed by atoms with Gasteiger partial charge in [-0.3, -0.25) is 4.79 Å². The maximum absolute atomic E-state index is 13.1. The first-order valence-electron chi connectivity index (χ1n) is 11.1. The maximum Gasteiger partial charge on any atom is 0.243 e. The van der Waals surface area contributed by atoms with Gasteiger partial charge in [0.1, 0.15) is 0 Å². The molecule has 1 saturated carbocycles. The molecule has 164 valence electrons. The summed E-state index contributed by atoms with van der Waals surface area (Å²) in [4.78, 5) is 12.5. The minimum absolute atomic E-state index is 0.00687. The molecule has 1 N–H and O–H groups in total. The minimum atomic E-state index is -3.54. The average molecular weight is 423 g/mol. The number of carbonyl (C=O) groups is 1. The molecule has 0 atom stereocenters. The van der Waals surface area contributed by atoms with Gasteiger partial charge >= 0.3 is 0 Å². The zero-order chi connectivity index (χ0) is 21.4. The first kappa shape index (κ1) is 23.9. The Kier molecular flexibility index (Phi) is 9.15. The molecule has 0 aromatic heterocycles. The van der Waals surface area contributed by atoms with Gasteiger partial charge < -0.3 is 5.32 Å². The van der Waals surface area contributed by atoms with Gasteiger partial charge in [-0.2, -0.15) is 4.31 Å². The molecule has 6 heteroatoms. The molecule has 0 bridgehead atoms. The Bertz CT molecular complexity index is 726. The van der Waals surface area contributed by atoms with Crippen LogP contribution in [0.1, 0.15) is 72.6 Å². The van der Waals surface area contributed by atoms with E-state index < -0.39 is 10.0 Å². The summed E-state index contributed by atoms with van der Waals surface area (Å²) in [5, 5.41) is 2.91. The lowest BCUT2D eigenvalue weighted by molar-refractivity contribution is -0.116. The highest BCUT2D eigenvalue weighted by Crippen LogP contribution is 2.27.